The molecule has 0 amide bonds. The molecule has 1 aromatic carbocycles. The molecule has 0 aromatic heterocycles. The fraction of sp³-hybridized carbons (Fsp3) is 0.684. The van der Waals surface area contributed by atoms with Crippen LogP contribution in [0.25, 0.3) is 0 Å². The predicted octanol–water partition coefficient (Wildman–Crippen LogP) is 3.79. The van der Waals surface area contributed by atoms with Crippen LogP contribution in [0.5, 0.6) is 5.75 Å². The van der Waals surface area contributed by atoms with Crippen LogP contribution in [0.3, 0.4) is 0 Å². The number of likely N-dealkylation sites (tertiary alicyclic amines) is 1. The molecule has 1 aliphatic heterocycles. The summed E-state index contributed by atoms with van der Waals surface area (Å²) in [5.41, 5.74) is 1.25. The fourth-order valence-corrected chi connectivity index (χ4v) is 3.91. The van der Waals surface area contributed by atoms with E-state index in [1.165, 1.54) is 30.7 Å². The number of nitrogens with zero attached hydrogens (tertiary/aromatic N) is 1. The van der Waals surface area contributed by atoms with Gasteiger partial charge < -0.3 is 14.2 Å². The molecule has 5 heteroatoms. The largest absolute Gasteiger partial charge is 0.488 e. The lowest BCUT2D eigenvalue weighted by Gasteiger charge is -2.25. The molecule has 0 bridgehead atoms. The van der Waals surface area contributed by atoms with Gasteiger partial charge >= 0.3 is 0 Å². The van der Waals surface area contributed by atoms with Crippen molar-refractivity contribution in [1.82, 2.24) is 4.90 Å². The molecule has 2 rings (SSSR count). The van der Waals surface area contributed by atoms with Crippen LogP contribution in [0.15, 0.2) is 24.3 Å². The Bertz CT molecular complexity index is 466. The van der Waals surface area contributed by atoms with Gasteiger partial charge in [-0.05, 0) is 45.6 Å². The van der Waals surface area contributed by atoms with Crippen molar-refractivity contribution in [2.45, 2.75) is 45.6 Å². The maximum Gasteiger partial charge on any atom is 0.191 e. The summed E-state index contributed by atoms with van der Waals surface area (Å²) >= 11 is 1.94. The molecule has 1 fully saturated rings. The first-order valence-electron chi connectivity index (χ1n) is 8.95. The lowest BCUT2D eigenvalue weighted by Crippen LogP contribution is -2.31. The van der Waals surface area contributed by atoms with Gasteiger partial charge in [0.15, 0.2) is 6.29 Å². The molecular formula is C19H31NO3S. The average Bonchev–Trinajstić information content (AvgIpc) is 3.02. The van der Waals surface area contributed by atoms with E-state index in [1.807, 2.05) is 37.7 Å². The Kier molecular flexibility index (Phi) is 8.95. The van der Waals surface area contributed by atoms with E-state index < -0.39 is 0 Å². The van der Waals surface area contributed by atoms with Gasteiger partial charge in [-0.3, -0.25) is 4.90 Å². The minimum atomic E-state index is -0.302. The Balaban J connectivity index is 1.96. The second kappa shape index (κ2) is 11.0. The Morgan fingerprint density at radius 3 is 2.67 bits per heavy atom. The van der Waals surface area contributed by atoms with Gasteiger partial charge in [0.2, 0.25) is 0 Å². The molecule has 1 aliphatic rings. The van der Waals surface area contributed by atoms with Gasteiger partial charge in [0.25, 0.3) is 0 Å². The van der Waals surface area contributed by atoms with Crippen LogP contribution in [0, 0.1) is 0 Å². The van der Waals surface area contributed by atoms with Crippen molar-refractivity contribution >= 4 is 11.8 Å². The van der Waals surface area contributed by atoms with Crippen LogP contribution >= 0.6 is 11.8 Å². The highest BCUT2D eigenvalue weighted by Gasteiger charge is 2.24. The summed E-state index contributed by atoms with van der Waals surface area (Å²) in [6, 6.07) is 9.01. The minimum Gasteiger partial charge on any atom is -0.488 e. The number of thioether (sulfide) groups is 1. The minimum absolute atomic E-state index is 0.302. The second-order valence-electron chi connectivity index (χ2n) is 5.98. The van der Waals surface area contributed by atoms with Crippen molar-refractivity contribution < 1.29 is 14.2 Å². The molecule has 0 aliphatic carbocycles. The van der Waals surface area contributed by atoms with Crippen LogP contribution in [0.1, 0.15) is 32.3 Å². The summed E-state index contributed by atoms with van der Waals surface area (Å²) in [5.74, 6) is 2.15. The summed E-state index contributed by atoms with van der Waals surface area (Å²) in [7, 11) is 0. The first-order chi connectivity index (χ1) is 11.8. The van der Waals surface area contributed by atoms with Crippen molar-refractivity contribution in [3.05, 3.63) is 29.8 Å². The third kappa shape index (κ3) is 5.96. The zero-order valence-corrected chi connectivity index (χ0v) is 16.0. The van der Waals surface area contributed by atoms with E-state index in [-0.39, 0.29) is 6.29 Å². The van der Waals surface area contributed by atoms with Crippen molar-refractivity contribution in [1.29, 1.82) is 0 Å². The SMILES string of the molecule is CCOC(COc1ccccc1CN1CCC[C@H]1CSC)OCC. The van der Waals surface area contributed by atoms with Crippen molar-refractivity contribution in [2.24, 2.45) is 0 Å². The molecule has 4 nitrogen and oxygen atoms in total. The number of hydrogen-bond acceptors (Lipinski definition) is 5. The smallest absolute Gasteiger partial charge is 0.191 e. The Labute approximate surface area is 150 Å². The van der Waals surface area contributed by atoms with Crippen LogP contribution in [-0.4, -0.2) is 55.6 Å². The number of para-hydroxylation sites is 1. The van der Waals surface area contributed by atoms with E-state index >= 15 is 0 Å². The Morgan fingerprint density at radius 2 is 1.96 bits per heavy atom. The molecule has 1 aromatic rings. The molecule has 0 radical (unpaired) electrons. The van der Waals surface area contributed by atoms with Gasteiger partial charge in [-0.25, -0.2) is 0 Å². The van der Waals surface area contributed by atoms with E-state index in [9.17, 15) is 0 Å². The van der Waals surface area contributed by atoms with Gasteiger partial charge in [-0.15, -0.1) is 0 Å². The highest BCUT2D eigenvalue weighted by Crippen LogP contribution is 2.26. The second-order valence-corrected chi connectivity index (χ2v) is 6.89. The summed E-state index contributed by atoms with van der Waals surface area (Å²) in [4.78, 5) is 2.58. The van der Waals surface area contributed by atoms with Crippen molar-refractivity contribution in [2.75, 3.05) is 38.4 Å². The van der Waals surface area contributed by atoms with E-state index in [1.54, 1.807) is 0 Å². The van der Waals surface area contributed by atoms with Gasteiger partial charge in [-0.2, -0.15) is 11.8 Å². The van der Waals surface area contributed by atoms with E-state index in [0.29, 0.717) is 25.9 Å². The van der Waals surface area contributed by atoms with E-state index in [4.69, 9.17) is 14.2 Å². The summed E-state index contributed by atoms with van der Waals surface area (Å²) in [6.45, 7) is 7.75. The summed E-state index contributed by atoms with van der Waals surface area (Å²) in [5, 5.41) is 0. The van der Waals surface area contributed by atoms with E-state index in [0.717, 1.165) is 12.3 Å². The molecule has 24 heavy (non-hydrogen) atoms. The molecule has 136 valence electrons. The maximum absolute atomic E-state index is 6.03. The zero-order chi connectivity index (χ0) is 17.2. The molecule has 1 atom stereocenters. The average molecular weight is 354 g/mol. The molecule has 1 heterocycles. The van der Waals surface area contributed by atoms with Crippen molar-refractivity contribution in [3.8, 4) is 5.75 Å². The molecule has 0 spiro atoms. The molecule has 1 saturated heterocycles. The summed E-state index contributed by atoms with van der Waals surface area (Å²) in [6.07, 6.45) is 4.49. The third-order valence-electron chi connectivity index (χ3n) is 4.28. The summed E-state index contributed by atoms with van der Waals surface area (Å²) < 4.78 is 17.2. The number of benzene rings is 1. The Morgan fingerprint density at radius 1 is 1.21 bits per heavy atom. The van der Waals surface area contributed by atoms with E-state index in [2.05, 4.69) is 23.3 Å². The monoisotopic (exact) mass is 353 g/mol. The lowest BCUT2D eigenvalue weighted by molar-refractivity contribution is -0.152. The molecule has 0 unspecified atom stereocenters. The molecule has 0 N–H and O–H groups in total. The third-order valence-corrected chi connectivity index (χ3v) is 5.00. The van der Waals surface area contributed by atoms with Gasteiger partial charge in [0, 0.05) is 37.1 Å². The Hall–Kier alpha value is -0.750. The first kappa shape index (κ1) is 19.6. The standard InChI is InChI=1S/C19H31NO3S/c1-4-21-19(22-5-2)14-23-18-11-7-6-9-16(18)13-20-12-8-10-17(20)15-24-3/h6-7,9,11,17,19H,4-5,8,10,12-15H2,1-3H3/t17-/m0/s1. The number of hydrogen-bond donors (Lipinski definition) is 0. The number of ether oxygens (including phenoxy) is 3. The van der Waals surface area contributed by atoms with Crippen LogP contribution in [-0.2, 0) is 16.0 Å². The van der Waals surface area contributed by atoms with Gasteiger partial charge in [-0.1, -0.05) is 18.2 Å². The van der Waals surface area contributed by atoms with Gasteiger partial charge in [0.1, 0.15) is 12.4 Å². The number of rotatable bonds is 11. The van der Waals surface area contributed by atoms with Crippen LogP contribution < -0.4 is 4.74 Å². The highest BCUT2D eigenvalue weighted by molar-refractivity contribution is 7.98. The van der Waals surface area contributed by atoms with Crippen LogP contribution in [0.4, 0.5) is 0 Å². The molecule has 0 saturated carbocycles. The van der Waals surface area contributed by atoms with Crippen molar-refractivity contribution in [3.63, 3.8) is 0 Å². The van der Waals surface area contributed by atoms with Gasteiger partial charge in [0.05, 0.1) is 0 Å². The normalized spacial score (nSPS) is 18.4. The van der Waals surface area contributed by atoms with Crippen LogP contribution in [0.2, 0.25) is 0 Å². The highest BCUT2D eigenvalue weighted by atomic mass is 32.2. The topological polar surface area (TPSA) is 30.9 Å². The fourth-order valence-electron chi connectivity index (χ4n) is 3.15. The lowest BCUT2D eigenvalue weighted by atomic mass is 10.1. The zero-order valence-electron chi connectivity index (χ0n) is 15.2. The predicted molar refractivity (Wildman–Crippen MR) is 101 cm³/mol. The molecular weight excluding hydrogens is 322 g/mol. The maximum atomic E-state index is 6.03. The quantitative estimate of drug-likeness (QED) is 0.565. The first-order valence-corrected chi connectivity index (χ1v) is 10.3.